The number of piperazine rings is 1. The average Bonchev–Trinajstić information content (AvgIpc) is 2.57. The van der Waals surface area contributed by atoms with Gasteiger partial charge in [-0.05, 0) is 30.7 Å². The highest BCUT2D eigenvalue weighted by Gasteiger charge is 2.19. The van der Waals surface area contributed by atoms with Crippen molar-refractivity contribution in [3.8, 4) is 5.75 Å². The maximum Gasteiger partial charge on any atom is 0.119 e. The van der Waals surface area contributed by atoms with Crippen molar-refractivity contribution in [1.29, 1.82) is 0 Å². The number of ether oxygens (including phenoxy) is 1. The zero-order valence-electron chi connectivity index (χ0n) is 12.1. The lowest BCUT2D eigenvalue weighted by molar-refractivity contribution is 0.280. The summed E-state index contributed by atoms with van der Waals surface area (Å²) in [7, 11) is 0. The van der Waals surface area contributed by atoms with E-state index in [1.54, 1.807) is 0 Å². The fraction of sp³-hybridized carbons (Fsp3) is 0.353. The van der Waals surface area contributed by atoms with Gasteiger partial charge in [-0.2, -0.15) is 0 Å². The highest BCUT2D eigenvalue weighted by atomic mass is 16.5. The van der Waals surface area contributed by atoms with E-state index < -0.39 is 0 Å². The molecule has 1 fully saturated rings. The van der Waals surface area contributed by atoms with E-state index in [4.69, 9.17) is 4.74 Å². The largest absolute Gasteiger partial charge is 0.494 e. The van der Waals surface area contributed by atoms with Gasteiger partial charge < -0.3 is 15.0 Å². The van der Waals surface area contributed by atoms with Gasteiger partial charge in [0.1, 0.15) is 5.75 Å². The number of hydrogen-bond acceptors (Lipinski definition) is 4. The Morgan fingerprint density at radius 1 is 1.14 bits per heavy atom. The number of nitrogens with zero attached hydrogens (tertiary/aromatic N) is 2. The van der Waals surface area contributed by atoms with Gasteiger partial charge in [0.2, 0.25) is 0 Å². The molecule has 0 saturated carbocycles. The van der Waals surface area contributed by atoms with Gasteiger partial charge in [0.15, 0.2) is 0 Å². The number of anilines is 1. The quantitative estimate of drug-likeness (QED) is 0.914. The Bertz CT molecular complexity index is 532. The van der Waals surface area contributed by atoms with Crippen molar-refractivity contribution in [1.82, 2.24) is 10.3 Å². The second kappa shape index (κ2) is 7.09. The zero-order chi connectivity index (χ0) is 14.3. The highest BCUT2D eigenvalue weighted by molar-refractivity contribution is 5.45. The van der Waals surface area contributed by atoms with E-state index in [-0.39, 0.29) is 0 Å². The maximum absolute atomic E-state index is 5.78. The van der Waals surface area contributed by atoms with Crippen molar-refractivity contribution in [2.75, 3.05) is 31.1 Å². The first-order valence-electron chi connectivity index (χ1n) is 7.48. The third-order valence-corrected chi connectivity index (χ3v) is 3.76. The molecule has 110 valence electrons. The molecule has 0 amide bonds. The van der Waals surface area contributed by atoms with Gasteiger partial charge in [-0.1, -0.05) is 18.2 Å². The topological polar surface area (TPSA) is 37.4 Å². The summed E-state index contributed by atoms with van der Waals surface area (Å²) in [4.78, 5) is 6.49. The second-order valence-corrected chi connectivity index (χ2v) is 5.25. The lowest BCUT2D eigenvalue weighted by Gasteiger charge is -2.35. The van der Waals surface area contributed by atoms with Crippen LogP contribution < -0.4 is 15.0 Å². The molecule has 1 N–H and O–H groups in total. The van der Waals surface area contributed by atoms with Crippen LogP contribution in [0.2, 0.25) is 0 Å². The Kier molecular flexibility index (Phi) is 4.69. The standard InChI is InChI=1S/C17H21N3O/c1-2-4-17(5-3-1)21-13-8-15-14-20(12-11-19-15)16-6-9-18-10-7-16/h1-7,9-10,15,19H,8,11-14H2. The van der Waals surface area contributed by atoms with Crippen molar-refractivity contribution in [2.24, 2.45) is 0 Å². The van der Waals surface area contributed by atoms with Crippen LogP contribution >= 0.6 is 0 Å². The van der Waals surface area contributed by atoms with Gasteiger partial charge in [-0.3, -0.25) is 4.98 Å². The summed E-state index contributed by atoms with van der Waals surface area (Å²) in [6, 6.07) is 14.6. The lowest BCUT2D eigenvalue weighted by Crippen LogP contribution is -2.51. The van der Waals surface area contributed by atoms with Gasteiger partial charge in [0.05, 0.1) is 6.61 Å². The molecular weight excluding hydrogens is 262 g/mol. The van der Waals surface area contributed by atoms with E-state index in [0.29, 0.717) is 6.04 Å². The number of hydrogen-bond donors (Lipinski definition) is 1. The maximum atomic E-state index is 5.78. The van der Waals surface area contributed by atoms with E-state index in [1.165, 1.54) is 5.69 Å². The van der Waals surface area contributed by atoms with E-state index in [9.17, 15) is 0 Å². The summed E-state index contributed by atoms with van der Waals surface area (Å²) in [5, 5.41) is 3.57. The molecule has 1 saturated heterocycles. The molecule has 1 aliphatic heterocycles. The molecule has 0 aliphatic carbocycles. The fourth-order valence-corrected chi connectivity index (χ4v) is 2.64. The Balaban J connectivity index is 1.48. The van der Waals surface area contributed by atoms with E-state index >= 15 is 0 Å². The zero-order valence-corrected chi connectivity index (χ0v) is 12.1. The van der Waals surface area contributed by atoms with Crippen LogP contribution in [0.15, 0.2) is 54.9 Å². The minimum Gasteiger partial charge on any atom is -0.494 e. The molecule has 1 atom stereocenters. The number of aromatic nitrogens is 1. The molecule has 1 aromatic heterocycles. The first-order chi connectivity index (χ1) is 10.4. The van der Waals surface area contributed by atoms with Gasteiger partial charge in [-0.15, -0.1) is 0 Å². The van der Waals surface area contributed by atoms with E-state index in [0.717, 1.165) is 38.4 Å². The molecule has 2 aromatic rings. The fourth-order valence-electron chi connectivity index (χ4n) is 2.64. The van der Waals surface area contributed by atoms with Crippen molar-refractivity contribution in [3.63, 3.8) is 0 Å². The normalized spacial score (nSPS) is 18.5. The number of para-hydroxylation sites is 1. The Morgan fingerprint density at radius 2 is 1.95 bits per heavy atom. The van der Waals surface area contributed by atoms with Crippen LogP contribution in [0.3, 0.4) is 0 Å². The predicted octanol–water partition coefficient (Wildman–Crippen LogP) is 2.33. The predicted molar refractivity (Wildman–Crippen MR) is 84.8 cm³/mol. The van der Waals surface area contributed by atoms with Crippen molar-refractivity contribution < 1.29 is 4.74 Å². The summed E-state index contributed by atoms with van der Waals surface area (Å²) in [5.74, 6) is 0.944. The first kappa shape index (κ1) is 13.9. The summed E-state index contributed by atoms with van der Waals surface area (Å²) in [6.07, 6.45) is 4.71. The van der Waals surface area contributed by atoms with Crippen LogP contribution in [0.25, 0.3) is 0 Å². The molecule has 0 bridgehead atoms. The first-order valence-corrected chi connectivity index (χ1v) is 7.48. The number of benzene rings is 1. The SMILES string of the molecule is c1ccc(OCCC2CN(c3ccncc3)CCN2)cc1. The number of nitrogens with one attached hydrogen (secondary N) is 1. The third-order valence-electron chi connectivity index (χ3n) is 3.76. The molecule has 1 aromatic carbocycles. The number of pyridine rings is 1. The lowest BCUT2D eigenvalue weighted by atomic mass is 10.1. The smallest absolute Gasteiger partial charge is 0.119 e. The molecule has 3 rings (SSSR count). The Labute approximate surface area is 125 Å². The second-order valence-electron chi connectivity index (χ2n) is 5.25. The summed E-state index contributed by atoms with van der Waals surface area (Å²) in [5.41, 5.74) is 1.25. The van der Waals surface area contributed by atoms with Crippen molar-refractivity contribution >= 4 is 5.69 Å². The Hall–Kier alpha value is -2.07. The van der Waals surface area contributed by atoms with E-state index in [2.05, 4.69) is 27.3 Å². The molecule has 1 aliphatic rings. The van der Waals surface area contributed by atoms with Crippen LogP contribution in [-0.4, -0.2) is 37.3 Å². The van der Waals surface area contributed by atoms with E-state index in [1.807, 2.05) is 42.7 Å². The minimum atomic E-state index is 0.468. The summed E-state index contributed by atoms with van der Waals surface area (Å²) in [6.45, 7) is 3.81. The monoisotopic (exact) mass is 283 g/mol. The molecule has 0 radical (unpaired) electrons. The van der Waals surface area contributed by atoms with Crippen molar-refractivity contribution in [3.05, 3.63) is 54.9 Å². The highest BCUT2D eigenvalue weighted by Crippen LogP contribution is 2.15. The molecule has 2 heterocycles. The minimum absolute atomic E-state index is 0.468. The molecule has 4 nitrogen and oxygen atoms in total. The van der Waals surface area contributed by atoms with Crippen LogP contribution in [-0.2, 0) is 0 Å². The van der Waals surface area contributed by atoms with Crippen molar-refractivity contribution in [2.45, 2.75) is 12.5 Å². The summed E-state index contributed by atoms with van der Waals surface area (Å²) < 4.78 is 5.78. The third kappa shape index (κ3) is 3.95. The van der Waals surface area contributed by atoms with Gasteiger partial charge >= 0.3 is 0 Å². The van der Waals surface area contributed by atoms with Gasteiger partial charge in [-0.25, -0.2) is 0 Å². The van der Waals surface area contributed by atoms with Crippen LogP contribution in [0.4, 0.5) is 5.69 Å². The molecular formula is C17H21N3O. The summed E-state index contributed by atoms with van der Waals surface area (Å²) >= 11 is 0. The molecule has 1 unspecified atom stereocenters. The van der Waals surface area contributed by atoms with Gasteiger partial charge in [0, 0.05) is 43.8 Å². The Morgan fingerprint density at radius 3 is 2.76 bits per heavy atom. The average molecular weight is 283 g/mol. The van der Waals surface area contributed by atoms with Crippen LogP contribution in [0, 0.1) is 0 Å². The van der Waals surface area contributed by atoms with Crippen LogP contribution in [0.5, 0.6) is 5.75 Å². The van der Waals surface area contributed by atoms with Crippen LogP contribution in [0.1, 0.15) is 6.42 Å². The number of rotatable bonds is 5. The molecule has 4 heteroatoms. The van der Waals surface area contributed by atoms with Gasteiger partial charge in [0.25, 0.3) is 0 Å². The molecule has 21 heavy (non-hydrogen) atoms. The molecule has 0 spiro atoms.